The number of rotatable bonds is 9. The van der Waals surface area contributed by atoms with Crippen LogP contribution < -0.4 is 5.32 Å². The van der Waals surface area contributed by atoms with E-state index in [9.17, 15) is 4.79 Å². The molecule has 1 aliphatic carbocycles. The van der Waals surface area contributed by atoms with Crippen molar-refractivity contribution in [3.63, 3.8) is 0 Å². The van der Waals surface area contributed by atoms with E-state index < -0.39 is 5.54 Å². The Hall–Kier alpha value is -0.610. The Bertz CT molecular complexity index is 270. The van der Waals surface area contributed by atoms with Crippen LogP contribution in [0, 0.1) is 5.92 Å². The number of esters is 1. The summed E-state index contributed by atoms with van der Waals surface area (Å²) in [5, 5.41) is 3.21. The van der Waals surface area contributed by atoms with Gasteiger partial charge in [0.25, 0.3) is 0 Å². The maximum atomic E-state index is 12.0. The zero-order valence-electron chi connectivity index (χ0n) is 12.7. The number of carbonyl (C=O) groups is 1. The van der Waals surface area contributed by atoms with Gasteiger partial charge in [-0.1, -0.05) is 26.2 Å². The van der Waals surface area contributed by atoms with Crippen LogP contribution in [0.3, 0.4) is 0 Å². The smallest absolute Gasteiger partial charge is 0.326 e. The highest BCUT2D eigenvalue weighted by atomic mass is 16.5. The molecule has 0 spiro atoms. The van der Waals surface area contributed by atoms with Crippen LogP contribution in [0.25, 0.3) is 0 Å². The predicted molar refractivity (Wildman–Crippen MR) is 76.1 cm³/mol. The molecule has 0 saturated heterocycles. The summed E-state index contributed by atoms with van der Waals surface area (Å²) < 4.78 is 10.6. The monoisotopic (exact) mass is 271 g/mol. The molecule has 1 saturated carbocycles. The van der Waals surface area contributed by atoms with Crippen molar-refractivity contribution in [2.75, 3.05) is 27.4 Å². The van der Waals surface area contributed by atoms with Crippen LogP contribution in [0.15, 0.2) is 0 Å². The Morgan fingerprint density at radius 1 is 1.37 bits per heavy atom. The summed E-state index contributed by atoms with van der Waals surface area (Å²) >= 11 is 0. The van der Waals surface area contributed by atoms with E-state index in [-0.39, 0.29) is 5.97 Å². The topological polar surface area (TPSA) is 47.6 Å². The Labute approximate surface area is 117 Å². The first-order valence-corrected chi connectivity index (χ1v) is 7.56. The average Bonchev–Trinajstić information content (AvgIpc) is 2.86. The minimum Gasteiger partial charge on any atom is -0.468 e. The van der Waals surface area contributed by atoms with E-state index in [1.807, 2.05) is 7.05 Å². The third kappa shape index (κ3) is 4.18. The third-order valence-corrected chi connectivity index (χ3v) is 4.32. The van der Waals surface area contributed by atoms with Crippen LogP contribution in [0.2, 0.25) is 0 Å². The zero-order chi connectivity index (χ0) is 14.1. The van der Waals surface area contributed by atoms with E-state index in [0.717, 1.165) is 45.3 Å². The normalized spacial score (nSPS) is 26.6. The lowest BCUT2D eigenvalue weighted by molar-refractivity contribution is -0.150. The quantitative estimate of drug-likeness (QED) is 0.517. The molecule has 0 heterocycles. The largest absolute Gasteiger partial charge is 0.468 e. The van der Waals surface area contributed by atoms with Crippen molar-refractivity contribution in [3.8, 4) is 0 Å². The summed E-state index contributed by atoms with van der Waals surface area (Å²) in [6, 6.07) is 0. The molecule has 2 atom stereocenters. The van der Waals surface area contributed by atoms with E-state index in [1.165, 1.54) is 20.0 Å². The van der Waals surface area contributed by atoms with Gasteiger partial charge in [-0.2, -0.15) is 0 Å². The van der Waals surface area contributed by atoms with Gasteiger partial charge in [0.15, 0.2) is 0 Å². The van der Waals surface area contributed by atoms with E-state index in [4.69, 9.17) is 9.47 Å². The van der Waals surface area contributed by atoms with E-state index in [0.29, 0.717) is 5.92 Å². The van der Waals surface area contributed by atoms with Gasteiger partial charge in [-0.05, 0) is 38.6 Å². The van der Waals surface area contributed by atoms with Crippen LogP contribution in [-0.2, 0) is 14.3 Å². The van der Waals surface area contributed by atoms with Gasteiger partial charge in [-0.15, -0.1) is 0 Å². The molecule has 1 fully saturated rings. The van der Waals surface area contributed by atoms with Crippen molar-refractivity contribution in [3.05, 3.63) is 0 Å². The highest BCUT2D eigenvalue weighted by Crippen LogP contribution is 2.38. The van der Waals surface area contributed by atoms with Crippen LogP contribution in [0.1, 0.15) is 51.9 Å². The highest BCUT2D eigenvalue weighted by molar-refractivity contribution is 5.81. The van der Waals surface area contributed by atoms with Crippen LogP contribution in [-0.4, -0.2) is 38.9 Å². The molecule has 0 aliphatic heterocycles. The second-order valence-corrected chi connectivity index (χ2v) is 5.41. The Morgan fingerprint density at radius 3 is 2.79 bits per heavy atom. The third-order valence-electron chi connectivity index (χ3n) is 4.32. The summed E-state index contributed by atoms with van der Waals surface area (Å²) in [6.45, 7) is 3.77. The minimum absolute atomic E-state index is 0.122. The summed E-state index contributed by atoms with van der Waals surface area (Å²) in [4.78, 5) is 12.0. The summed E-state index contributed by atoms with van der Waals surface area (Å²) in [5.74, 6) is 0.208. The lowest BCUT2D eigenvalue weighted by Crippen LogP contribution is -2.54. The fourth-order valence-corrected chi connectivity index (χ4v) is 3.13. The van der Waals surface area contributed by atoms with Gasteiger partial charge >= 0.3 is 5.97 Å². The molecule has 19 heavy (non-hydrogen) atoms. The van der Waals surface area contributed by atoms with E-state index in [2.05, 4.69) is 12.2 Å². The van der Waals surface area contributed by atoms with Gasteiger partial charge in [0.05, 0.1) is 7.11 Å². The van der Waals surface area contributed by atoms with Crippen molar-refractivity contribution in [2.24, 2.45) is 5.92 Å². The number of ether oxygens (including phenoxy) is 2. The van der Waals surface area contributed by atoms with E-state index in [1.54, 1.807) is 0 Å². The molecule has 0 aromatic carbocycles. The molecule has 1 aliphatic rings. The van der Waals surface area contributed by atoms with Gasteiger partial charge in [0.1, 0.15) is 5.54 Å². The standard InChI is InChI=1S/C15H29NO3/c1-4-5-6-11-19-12-9-13-8-7-10-15(13,16-2)14(17)18-3/h13,16H,4-12H2,1-3H3. The fraction of sp³-hybridized carbons (Fsp3) is 0.933. The first kappa shape index (κ1) is 16.4. The van der Waals surface area contributed by atoms with Crippen molar-refractivity contribution >= 4 is 5.97 Å². The SMILES string of the molecule is CCCCCOCCC1CCCC1(NC)C(=O)OC. The van der Waals surface area contributed by atoms with Gasteiger partial charge < -0.3 is 14.8 Å². The van der Waals surface area contributed by atoms with Crippen molar-refractivity contribution in [1.29, 1.82) is 0 Å². The highest BCUT2D eigenvalue weighted by Gasteiger charge is 2.48. The predicted octanol–water partition coefficient (Wildman–Crippen LogP) is 2.51. The lowest BCUT2D eigenvalue weighted by Gasteiger charge is -2.32. The average molecular weight is 271 g/mol. The zero-order valence-corrected chi connectivity index (χ0v) is 12.7. The molecular weight excluding hydrogens is 242 g/mol. The van der Waals surface area contributed by atoms with Crippen molar-refractivity contribution in [1.82, 2.24) is 5.32 Å². The van der Waals surface area contributed by atoms with Crippen molar-refractivity contribution < 1.29 is 14.3 Å². The molecule has 0 aromatic heterocycles. The van der Waals surface area contributed by atoms with Crippen LogP contribution in [0.4, 0.5) is 0 Å². The second-order valence-electron chi connectivity index (χ2n) is 5.41. The summed E-state index contributed by atoms with van der Waals surface area (Å²) in [7, 11) is 3.33. The lowest BCUT2D eigenvalue weighted by atomic mass is 9.85. The number of methoxy groups -OCH3 is 1. The molecule has 0 aromatic rings. The Kier molecular flexibility index (Phi) is 7.39. The minimum atomic E-state index is -0.485. The number of likely N-dealkylation sites (N-methyl/N-ethyl adjacent to an activating group) is 1. The first-order valence-electron chi connectivity index (χ1n) is 7.56. The molecule has 0 radical (unpaired) electrons. The maximum Gasteiger partial charge on any atom is 0.326 e. The molecular formula is C15H29NO3. The maximum absolute atomic E-state index is 12.0. The van der Waals surface area contributed by atoms with Crippen LogP contribution >= 0.6 is 0 Å². The molecule has 1 rings (SSSR count). The van der Waals surface area contributed by atoms with Gasteiger partial charge in [0.2, 0.25) is 0 Å². The number of nitrogens with one attached hydrogen (secondary N) is 1. The molecule has 0 amide bonds. The molecule has 1 N–H and O–H groups in total. The molecule has 2 unspecified atom stereocenters. The molecule has 4 nitrogen and oxygen atoms in total. The second kappa shape index (κ2) is 8.54. The Balaban J connectivity index is 2.36. The van der Waals surface area contributed by atoms with Gasteiger partial charge in [-0.25, -0.2) is 0 Å². The number of hydrogen-bond donors (Lipinski definition) is 1. The van der Waals surface area contributed by atoms with Gasteiger partial charge in [0, 0.05) is 13.2 Å². The molecule has 4 heteroatoms. The van der Waals surface area contributed by atoms with E-state index >= 15 is 0 Å². The molecule has 0 bridgehead atoms. The number of unbranched alkanes of at least 4 members (excludes halogenated alkanes) is 2. The number of carbonyl (C=O) groups excluding carboxylic acids is 1. The summed E-state index contributed by atoms with van der Waals surface area (Å²) in [6.07, 6.45) is 7.54. The molecule has 112 valence electrons. The fourth-order valence-electron chi connectivity index (χ4n) is 3.13. The van der Waals surface area contributed by atoms with Crippen molar-refractivity contribution in [2.45, 2.75) is 57.4 Å². The number of hydrogen-bond acceptors (Lipinski definition) is 4. The summed E-state index contributed by atoms with van der Waals surface area (Å²) in [5.41, 5.74) is -0.485. The van der Waals surface area contributed by atoms with Crippen LogP contribution in [0.5, 0.6) is 0 Å². The first-order chi connectivity index (χ1) is 9.21. The Morgan fingerprint density at radius 2 is 2.16 bits per heavy atom. The van der Waals surface area contributed by atoms with Gasteiger partial charge in [-0.3, -0.25) is 4.79 Å².